The van der Waals surface area contributed by atoms with Crippen molar-refractivity contribution in [3.05, 3.63) is 0 Å². The molecule has 0 bridgehead atoms. The molecule has 0 saturated carbocycles. The van der Waals surface area contributed by atoms with Crippen molar-refractivity contribution in [2.24, 2.45) is 5.92 Å². The second-order valence-electron chi connectivity index (χ2n) is 4.82. The summed E-state index contributed by atoms with van der Waals surface area (Å²) in [4.78, 5) is 23.1. The molecule has 1 fully saturated rings. The summed E-state index contributed by atoms with van der Waals surface area (Å²) >= 11 is 0. The molecule has 1 unspecified atom stereocenters. The molecule has 0 aliphatic carbocycles. The molecule has 3 N–H and O–H groups in total. The van der Waals surface area contributed by atoms with E-state index in [1.807, 2.05) is 13.8 Å². The van der Waals surface area contributed by atoms with Crippen LogP contribution in [0, 0.1) is 5.92 Å². The highest BCUT2D eigenvalue weighted by molar-refractivity contribution is 5.83. The van der Waals surface area contributed by atoms with Gasteiger partial charge in [0.15, 0.2) is 0 Å². The predicted octanol–water partition coefficient (Wildman–Crippen LogP) is -0.747. The maximum absolute atomic E-state index is 11.7. The van der Waals surface area contributed by atoms with Crippen LogP contribution in [0.1, 0.15) is 20.3 Å². The van der Waals surface area contributed by atoms with Gasteiger partial charge in [0.05, 0.1) is 13.2 Å². The molecule has 0 spiro atoms. The minimum atomic E-state index is -0.294. The topological polar surface area (TPSA) is 79.5 Å². The largest absolute Gasteiger partial charge is 0.378 e. The van der Waals surface area contributed by atoms with Crippen molar-refractivity contribution < 1.29 is 14.3 Å². The lowest BCUT2D eigenvalue weighted by Gasteiger charge is -2.22. The van der Waals surface area contributed by atoms with E-state index in [9.17, 15) is 9.59 Å². The van der Waals surface area contributed by atoms with Crippen LogP contribution >= 0.6 is 0 Å². The zero-order valence-corrected chi connectivity index (χ0v) is 11.1. The van der Waals surface area contributed by atoms with Gasteiger partial charge in [-0.15, -0.1) is 0 Å². The van der Waals surface area contributed by atoms with E-state index in [1.165, 1.54) is 0 Å². The highest BCUT2D eigenvalue weighted by Gasteiger charge is 2.20. The molecule has 0 aromatic rings. The van der Waals surface area contributed by atoms with Crippen molar-refractivity contribution in [3.8, 4) is 0 Å². The molecule has 6 nitrogen and oxygen atoms in total. The van der Waals surface area contributed by atoms with Gasteiger partial charge in [-0.1, -0.05) is 13.8 Å². The molecule has 2 amide bonds. The van der Waals surface area contributed by atoms with Crippen molar-refractivity contribution in [2.75, 3.05) is 32.8 Å². The Morgan fingerprint density at radius 3 is 2.78 bits per heavy atom. The Kier molecular flexibility index (Phi) is 6.67. The second-order valence-corrected chi connectivity index (χ2v) is 4.82. The number of carbonyl (C=O) groups is 2. The van der Waals surface area contributed by atoms with Crippen LogP contribution in [-0.2, 0) is 14.3 Å². The van der Waals surface area contributed by atoms with Crippen LogP contribution in [-0.4, -0.2) is 50.7 Å². The molecule has 0 aromatic heterocycles. The van der Waals surface area contributed by atoms with Gasteiger partial charge < -0.3 is 20.7 Å². The lowest BCUT2D eigenvalue weighted by Crippen LogP contribution is -2.51. The van der Waals surface area contributed by atoms with Crippen molar-refractivity contribution >= 4 is 11.8 Å². The molecule has 104 valence electrons. The Balaban J connectivity index is 2.09. The van der Waals surface area contributed by atoms with Crippen LogP contribution in [0.4, 0.5) is 0 Å². The number of carbonyl (C=O) groups excluding carboxylic acids is 2. The van der Waals surface area contributed by atoms with E-state index in [2.05, 4.69) is 16.0 Å². The average molecular weight is 257 g/mol. The van der Waals surface area contributed by atoms with Crippen molar-refractivity contribution in [1.82, 2.24) is 16.0 Å². The first-order valence-corrected chi connectivity index (χ1v) is 6.45. The lowest BCUT2D eigenvalue weighted by atomic mass is 10.2. The fourth-order valence-corrected chi connectivity index (χ4v) is 1.56. The molecule has 0 aromatic carbocycles. The highest BCUT2D eigenvalue weighted by Crippen LogP contribution is 1.93. The Bertz CT molecular complexity index is 276. The number of hydrogen-bond acceptors (Lipinski definition) is 4. The summed E-state index contributed by atoms with van der Waals surface area (Å²) in [6.07, 6.45) is 0.312. The van der Waals surface area contributed by atoms with Gasteiger partial charge in [-0.2, -0.15) is 0 Å². The third-order valence-corrected chi connectivity index (χ3v) is 2.60. The lowest BCUT2D eigenvalue weighted by molar-refractivity contribution is -0.126. The Morgan fingerprint density at radius 1 is 1.39 bits per heavy atom. The van der Waals surface area contributed by atoms with Gasteiger partial charge in [-0.05, 0) is 5.92 Å². The molecule has 1 heterocycles. The molecule has 1 atom stereocenters. The second kappa shape index (κ2) is 8.05. The predicted molar refractivity (Wildman–Crippen MR) is 68.1 cm³/mol. The van der Waals surface area contributed by atoms with Crippen molar-refractivity contribution in [3.63, 3.8) is 0 Å². The Hall–Kier alpha value is -1.14. The number of hydrogen-bond donors (Lipinski definition) is 3. The third kappa shape index (κ3) is 5.97. The van der Waals surface area contributed by atoms with Gasteiger partial charge in [0.2, 0.25) is 11.8 Å². The van der Waals surface area contributed by atoms with Gasteiger partial charge in [0.1, 0.15) is 6.04 Å². The summed E-state index contributed by atoms with van der Waals surface area (Å²) in [5, 5.41) is 8.59. The fraction of sp³-hybridized carbons (Fsp3) is 0.833. The number of morpholine rings is 1. The van der Waals surface area contributed by atoms with E-state index in [-0.39, 0.29) is 17.9 Å². The van der Waals surface area contributed by atoms with Crippen LogP contribution in [0.3, 0.4) is 0 Å². The van der Waals surface area contributed by atoms with E-state index in [0.29, 0.717) is 45.2 Å². The third-order valence-electron chi connectivity index (χ3n) is 2.60. The van der Waals surface area contributed by atoms with Gasteiger partial charge in [-0.25, -0.2) is 0 Å². The number of ether oxygens (including phenoxy) is 1. The van der Waals surface area contributed by atoms with Gasteiger partial charge in [0.25, 0.3) is 0 Å². The standard InChI is InChI=1S/C12H23N3O3/c1-9(2)7-15-11(16)3-4-14-12(17)10-8-18-6-5-13-10/h9-10,13H,3-8H2,1-2H3,(H,14,17)(H,15,16). The maximum Gasteiger partial charge on any atom is 0.239 e. The highest BCUT2D eigenvalue weighted by atomic mass is 16.5. The van der Waals surface area contributed by atoms with E-state index < -0.39 is 0 Å². The van der Waals surface area contributed by atoms with E-state index in [4.69, 9.17) is 4.74 Å². The number of amides is 2. The summed E-state index contributed by atoms with van der Waals surface area (Å²) in [7, 11) is 0. The van der Waals surface area contributed by atoms with Crippen LogP contribution < -0.4 is 16.0 Å². The monoisotopic (exact) mass is 257 g/mol. The molecule has 18 heavy (non-hydrogen) atoms. The molecule has 1 saturated heterocycles. The molecule has 6 heteroatoms. The first-order chi connectivity index (χ1) is 8.59. The smallest absolute Gasteiger partial charge is 0.239 e. The van der Waals surface area contributed by atoms with E-state index in [1.54, 1.807) is 0 Å². The van der Waals surface area contributed by atoms with Crippen LogP contribution in [0.5, 0.6) is 0 Å². The first kappa shape index (κ1) is 14.9. The van der Waals surface area contributed by atoms with Crippen LogP contribution in [0.25, 0.3) is 0 Å². The summed E-state index contributed by atoms with van der Waals surface area (Å²) in [5.41, 5.74) is 0. The summed E-state index contributed by atoms with van der Waals surface area (Å²) < 4.78 is 5.19. The zero-order valence-electron chi connectivity index (χ0n) is 11.1. The molecule has 0 radical (unpaired) electrons. The summed E-state index contributed by atoms with van der Waals surface area (Å²) in [5.74, 6) is 0.301. The quantitative estimate of drug-likeness (QED) is 0.585. The summed E-state index contributed by atoms with van der Waals surface area (Å²) in [6.45, 7) is 6.83. The first-order valence-electron chi connectivity index (χ1n) is 6.45. The van der Waals surface area contributed by atoms with Crippen molar-refractivity contribution in [1.29, 1.82) is 0 Å². The molecule has 1 rings (SSSR count). The van der Waals surface area contributed by atoms with Gasteiger partial charge in [0, 0.05) is 26.1 Å². The van der Waals surface area contributed by atoms with Gasteiger partial charge in [-0.3, -0.25) is 9.59 Å². The fourth-order valence-electron chi connectivity index (χ4n) is 1.56. The van der Waals surface area contributed by atoms with E-state index >= 15 is 0 Å². The molecular formula is C12H23N3O3. The average Bonchev–Trinajstić information content (AvgIpc) is 2.37. The Morgan fingerprint density at radius 2 is 2.17 bits per heavy atom. The van der Waals surface area contributed by atoms with E-state index in [0.717, 1.165) is 0 Å². The van der Waals surface area contributed by atoms with Crippen LogP contribution in [0.2, 0.25) is 0 Å². The Labute approximate surface area is 108 Å². The number of rotatable bonds is 6. The normalized spacial score (nSPS) is 19.6. The molecule has 1 aliphatic heterocycles. The minimum Gasteiger partial charge on any atom is -0.378 e. The SMILES string of the molecule is CC(C)CNC(=O)CCNC(=O)C1COCCN1. The molecule has 1 aliphatic rings. The summed E-state index contributed by atoms with van der Waals surface area (Å²) in [6, 6.07) is -0.294. The zero-order chi connectivity index (χ0) is 13.4. The van der Waals surface area contributed by atoms with Crippen LogP contribution in [0.15, 0.2) is 0 Å². The molecular weight excluding hydrogens is 234 g/mol. The maximum atomic E-state index is 11.7. The van der Waals surface area contributed by atoms with Crippen molar-refractivity contribution in [2.45, 2.75) is 26.3 Å². The van der Waals surface area contributed by atoms with Gasteiger partial charge >= 0.3 is 0 Å². The number of nitrogens with one attached hydrogen (secondary N) is 3. The minimum absolute atomic E-state index is 0.0307.